The van der Waals surface area contributed by atoms with Gasteiger partial charge in [-0.25, -0.2) is 4.79 Å². The summed E-state index contributed by atoms with van der Waals surface area (Å²) in [6.07, 6.45) is -0.492. The van der Waals surface area contributed by atoms with Crippen LogP contribution in [0, 0.1) is 6.92 Å². The second kappa shape index (κ2) is 5.93. The van der Waals surface area contributed by atoms with Crippen LogP contribution in [-0.4, -0.2) is 47.7 Å². The van der Waals surface area contributed by atoms with Crippen LogP contribution in [0.4, 0.5) is 0 Å². The molecule has 0 spiro atoms. The lowest BCUT2D eigenvalue weighted by Crippen LogP contribution is -2.41. The first-order chi connectivity index (χ1) is 9.43. The van der Waals surface area contributed by atoms with Gasteiger partial charge in [0.05, 0.1) is 18.8 Å². The Hall–Kier alpha value is -1.40. The standard InChI is InChI=1S/C14H16BrNO4/c1-8-3-4-11(15)10(5-8)13(18)16-7-9(17)6-12(16)14(19)20-2/h3-5,9,12,17H,6-7H2,1-2H3. The lowest BCUT2D eigenvalue weighted by molar-refractivity contribution is -0.145. The number of amides is 1. The zero-order chi connectivity index (χ0) is 14.9. The van der Waals surface area contributed by atoms with Crippen LogP contribution in [0.2, 0.25) is 0 Å². The highest BCUT2D eigenvalue weighted by Crippen LogP contribution is 2.25. The number of hydrogen-bond donors (Lipinski definition) is 1. The highest BCUT2D eigenvalue weighted by Gasteiger charge is 2.40. The van der Waals surface area contributed by atoms with Gasteiger partial charge in [-0.15, -0.1) is 0 Å². The molecule has 1 amide bonds. The lowest BCUT2D eigenvalue weighted by atomic mass is 10.1. The van der Waals surface area contributed by atoms with Gasteiger partial charge >= 0.3 is 5.97 Å². The van der Waals surface area contributed by atoms with Crippen LogP contribution < -0.4 is 0 Å². The van der Waals surface area contributed by atoms with E-state index in [1.54, 1.807) is 12.1 Å². The monoisotopic (exact) mass is 341 g/mol. The fourth-order valence-electron chi connectivity index (χ4n) is 2.36. The zero-order valence-electron chi connectivity index (χ0n) is 11.3. The Kier molecular flexibility index (Phi) is 4.45. The minimum atomic E-state index is -0.727. The Morgan fingerprint density at radius 3 is 2.80 bits per heavy atom. The molecule has 2 rings (SSSR count). The van der Waals surface area contributed by atoms with Gasteiger partial charge < -0.3 is 14.7 Å². The number of aliphatic hydroxyl groups excluding tert-OH is 1. The number of β-amino-alcohol motifs (C(OH)–C–C–N with tert-alkyl or cyclic N) is 1. The molecule has 6 heteroatoms. The normalized spacial score (nSPS) is 21.9. The number of benzene rings is 1. The maximum atomic E-state index is 12.6. The van der Waals surface area contributed by atoms with E-state index in [2.05, 4.69) is 15.9 Å². The van der Waals surface area contributed by atoms with Crippen molar-refractivity contribution in [1.82, 2.24) is 4.90 Å². The number of carbonyl (C=O) groups is 2. The number of carbonyl (C=O) groups excluding carboxylic acids is 2. The molecule has 2 atom stereocenters. The molecule has 2 unspecified atom stereocenters. The summed E-state index contributed by atoms with van der Waals surface area (Å²) in [6, 6.07) is 4.71. The summed E-state index contributed by atoms with van der Waals surface area (Å²) >= 11 is 3.34. The SMILES string of the molecule is COC(=O)C1CC(O)CN1C(=O)c1cc(C)ccc1Br. The number of esters is 1. The molecule has 1 heterocycles. The van der Waals surface area contributed by atoms with Gasteiger partial charge in [-0.3, -0.25) is 4.79 Å². The van der Waals surface area contributed by atoms with Crippen molar-refractivity contribution in [3.63, 3.8) is 0 Å². The van der Waals surface area contributed by atoms with E-state index in [1.807, 2.05) is 13.0 Å². The molecule has 1 saturated heterocycles. The van der Waals surface area contributed by atoms with Crippen LogP contribution in [0.1, 0.15) is 22.3 Å². The van der Waals surface area contributed by atoms with Crippen LogP contribution in [0.15, 0.2) is 22.7 Å². The van der Waals surface area contributed by atoms with E-state index < -0.39 is 18.1 Å². The van der Waals surface area contributed by atoms with Gasteiger partial charge in [0.1, 0.15) is 6.04 Å². The van der Waals surface area contributed by atoms with E-state index in [4.69, 9.17) is 4.74 Å². The highest BCUT2D eigenvalue weighted by molar-refractivity contribution is 9.10. The summed E-state index contributed by atoms with van der Waals surface area (Å²) in [4.78, 5) is 25.7. The van der Waals surface area contributed by atoms with Crippen molar-refractivity contribution in [2.45, 2.75) is 25.5 Å². The van der Waals surface area contributed by atoms with E-state index >= 15 is 0 Å². The van der Waals surface area contributed by atoms with Gasteiger partial charge in [-0.2, -0.15) is 0 Å². The van der Waals surface area contributed by atoms with Crippen molar-refractivity contribution in [2.75, 3.05) is 13.7 Å². The number of hydrogen-bond acceptors (Lipinski definition) is 4. The van der Waals surface area contributed by atoms with Crippen molar-refractivity contribution in [2.24, 2.45) is 0 Å². The number of aryl methyl sites for hydroxylation is 1. The Morgan fingerprint density at radius 2 is 2.15 bits per heavy atom. The molecule has 1 aliphatic heterocycles. The quantitative estimate of drug-likeness (QED) is 0.828. The number of nitrogens with zero attached hydrogens (tertiary/aromatic N) is 1. The van der Waals surface area contributed by atoms with E-state index in [-0.39, 0.29) is 18.9 Å². The largest absolute Gasteiger partial charge is 0.467 e. The van der Waals surface area contributed by atoms with Crippen LogP contribution in [-0.2, 0) is 9.53 Å². The molecule has 0 saturated carbocycles. The average Bonchev–Trinajstić information content (AvgIpc) is 2.82. The van der Waals surface area contributed by atoms with E-state index in [9.17, 15) is 14.7 Å². The number of aliphatic hydroxyl groups is 1. The predicted octanol–water partition coefficient (Wildman–Crippen LogP) is 1.51. The summed E-state index contributed by atoms with van der Waals surface area (Å²) in [7, 11) is 1.28. The molecule has 0 bridgehead atoms. The molecule has 0 aromatic heterocycles. The molecule has 5 nitrogen and oxygen atoms in total. The number of rotatable bonds is 2. The number of methoxy groups -OCH3 is 1. The number of ether oxygens (including phenoxy) is 1. The van der Waals surface area contributed by atoms with Crippen LogP contribution in [0.3, 0.4) is 0 Å². The van der Waals surface area contributed by atoms with Gasteiger partial charge in [-0.05, 0) is 35.0 Å². The summed E-state index contributed by atoms with van der Waals surface area (Å²) in [5.74, 6) is -0.786. The maximum absolute atomic E-state index is 12.6. The average molecular weight is 342 g/mol. The molecular weight excluding hydrogens is 326 g/mol. The van der Waals surface area contributed by atoms with Crippen molar-refractivity contribution in [3.05, 3.63) is 33.8 Å². The Bertz CT molecular complexity index is 546. The minimum absolute atomic E-state index is 0.138. The highest BCUT2D eigenvalue weighted by atomic mass is 79.9. The molecule has 1 aromatic carbocycles. The van der Waals surface area contributed by atoms with Crippen molar-refractivity contribution in [1.29, 1.82) is 0 Å². The fourth-order valence-corrected chi connectivity index (χ4v) is 2.77. The number of halogens is 1. The van der Waals surface area contributed by atoms with E-state index in [0.717, 1.165) is 5.56 Å². The maximum Gasteiger partial charge on any atom is 0.328 e. The van der Waals surface area contributed by atoms with Crippen molar-refractivity contribution < 1.29 is 19.4 Å². The molecule has 0 radical (unpaired) electrons. The summed E-state index contributed by atoms with van der Waals surface area (Å²) < 4.78 is 5.36. The predicted molar refractivity (Wildman–Crippen MR) is 76.3 cm³/mol. The molecule has 0 aliphatic carbocycles. The Morgan fingerprint density at radius 1 is 1.45 bits per heavy atom. The fraction of sp³-hybridized carbons (Fsp3) is 0.429. The minimum Gasteiger partial charge on any atom is -0.467 e. The van der Waals surface area contributed by atoms with Gasteiger partial charge in [0.25, 0.3) is 5.91 Å². The molecule has 1 aliphatic rings. The van der Waals surface area contributed by atoms with Crippen molar-refractivity contribution in [3.8, 4) is 0 Å². The summed E-state index contributed by atoms with van der Waals surface area (Å²) in [5, 5.41) is 9.72. The summed E-state index contributed by atoms with van der Waals surface area (Å²) in [6.45, 7) is 2.03. The van der Waals surface area contributed by atoms with Gasteiger partial charge in [-0.1, -0.05) is 11.6 Å². The third-order valence-corrected chi connectivity index (χ3v) is 4.06. The second-order valence-corrected chi connectivity index (χ2v) is 5.72. The van der Waals surface area contributed by atoms with Crippen molar-refractivity contribution >= 4 is 27.8 Å². The van der Waals surface area contributed by atoms with Gasteiger partial charge in [0.15, 0.2) is 0 Å². The molecule has 108 valence electrons. The first kappa shape index (κ1) is 15.0. The topological polar surface area (TPSA) is 66.8 Å². The first-order valence-electron chi connectivity index (χ1n) is 6.27. The first-order valence-corrected chi connectivity index (χ1v) is 7.06. The summed E-state index contributed by atoms with van der Waals surface area (Å²) in [5.41, 5.74) is 1.43. The Labute approximate surface area is 125 Å². The third kappa shape index (κ3) is 2.86. The van der Waals surface area contributed by atoms with Crippen LogP contribution >= 0.6 is 15.9 Å². The lowest BCUT2D eigenvalue weighted by Gasteiger charge is -2.23. The van der Waals surface area contributed by atoms with Gasteiger partial charge in [0, 0.05) is 17.4 Å². The Balaban J connectivity index is 2.31. The molecule has 20 heavy (non-hydrogen) atoms. The molecule has 1 N–H and O–H groups in total. The number of likely N-dealkylation sites (tertiary alicyclic amines) is 1. The zero-order valence-corrected chi connectivity index (χ0v) is 12.9. The van der Waals surface area contributed by atoms with Gasteiger partial charge in [0.2, 0.25) is 0 Å². The molecule has 1 fully saturated rings. The smallest absolute Gasteiger partial charge is 0.328 e. The van der Waals surface area contributed by atoms with E-state index in [0.29, 0.717) is 10.0 Å². The second-order valence-electron chi connectivity index (χ2n) is 4.87. The van der Waals surface area contributed by atoms with Crippen LogP contribution in [0.5, 0.6) is 0 Å². The van der Waals surface area contributed by atoms with Crippen LogP contribution in [0.25, 0.3) is 0 Å². The molecule has 1 aromatic rings. The molecular formula is C14H16BrNO4. The van der Waals surface area contributed by atoms with E-state index in [1.165, 1.54) is 12.0 Å². The third-order valence-electron chi connectivity index (χ3n) is 3.37.